The zero-order valence-electron chi connectivity index (χ0n) is 15.8. The quantitative estimate of drug-likeness (QED) is 0.467. The van der Waals surface area contributed by atoms with E-state index in [9.17, 15) is 0 Å². The van der Waals surface area contributed by atoms with Gasteiger partial charge in [-0.05, 0) is 47.5 Å². The fraction of sp³-hybridized carbons (Fsp3) is 0.0833. The summed E-state index contributed by atoms with van der Waals surface area (Å²) in [6.07, 6.45) is 3.66. The number of hydrogen-bond acceptors (Lipinski definition) is 4. The summed E-state index contributed by atoms with van der Waals surface area (Å²) in [5.74, 6) is 1.64. The monoisotopic (exact) mass is 368 g/mol. The Bertz CT molecular complexity index is 1090. The third-order valence-corrected chi connectivity index (χ3v) is 4.60. The Balaban J connectivity index is 1.72. The zero-order valence-corrected chi connectivity index (χ0v) is 15.8. The van der Waals surface area contributed by atoms with Gasteiger partial charge in [-0.1, -0.05) is 36.4 Å². The van der Waals surface area contributed by atoms with Crippen molar-refractivity contribution in [2.45, 2.75) is 0 Å². The third-order valence-electron chi connectivity index (χ3n) is 4.60. The van der Waals surface area contributed by atoms with E-state index in [4.69, 9.17) is 9.47 Å². The summed E-state index contributed by atoms with van der Waals surface area (Å²) in [5.41, 5.74) is 5.82. The molecule has 2 heterocycles. The molecule has 0 unspecified atom stereocenters. The first-order valence-corrected chi connectivity index (χ1v) is 8.99. The van der Waals surface area contributed by atoms with E-state index >= 15 is 0 Å². The van der Waals surface area contributed by atoms with E-state index < -0.39 is 0 Å². The van der Waals surface area contributed by atoms with Crippen LogP contribution in [0, 0.1) is 0 Å². The van der Waals surface area contributed by atoms with Crippen LogP contribution in [0.25, 0.3) is 33.6 Å². The van der Waals surface area contributed by atoms with E-state index in [1.807, 2.05) is 66.9 Å². The summed E-state index contributed by atoms with van der Waals surface area (Å²) in [6.45, 7) is 0. The number of aromatic nitrogens is 2. The van der Waals surface area contributed by atoms with Crippen molar-refractivity contribution in [3.63, 3.8) is 0 Å². The molecule has 0 bridgehead atoms. The van der Waals surface area contributed by atoms with Gasteiger partial charge in [-0.25, -0.2) is 0 Å². The van der Waals surface area contributed by atoms with Gasteiger partial charge in [0.2, 0.25) is 0 Å². The van der Waals surface area contributed by atoms with Crippen LogP contribution in [0.1, 0.15) is 0 Å². The molecule has 4 rings (SSSR count). The van der Waals surface area contributed by atoms with Gasteiger partial charge in [0, 0.05) is 23.5 Å². The minimum absolute atomic E-state index is 0.814. The van der Waals surface area contributed by atoms with Crippen LogP contribution in [0.5, 0.6) is 11.5 Å². The highest BCUT2D eigenvalue weighted by Gasteiger charge is 2.11. The number of benzene rings is 2. The molecule has 0 radical (unpaired) electrons. The van der Waals surface area contributed by atoms with E-state index in [1.54, 1.807) is 20.4 Å². The molecule has 4 heteroatoms. The molecule has 0 fully saturated rings. The summed E-state index contributed by atoms with van der Waals surface area (Å²) in [7, 11) is 3.34. The van der Waals surface area contributed by atoms with Gasteiger partial charge in [0.05, 0.1) is 25.6 Å². The van der Waals surface area contributed by atoms with Crippen LogP contribution in [0.15, 0.2) is 85.2 Å². The largest absolute Gasteiger partial charge is 0.497 e. The second-order valence-electron chi connectivity index (χ2n) is 6.30. The second-order valence-corrected chi connectivity index (χ2v) is 6.30. The molecular formula is C24H20N2O2. The van der Waals surface area contributed by atoms with Crippen molar-refractivity contribution in [1.82, 2.24) is 9.97 Å². The summed E-state index contributed by atoms with van der Waals surface area (Å²) in [6, 6.07) is 23.9. The van der Waals surface area contributed by atoms with Crippen LogP contribution in [0.4, 0.5) is 0 Å². The van der Waals surface area contributed by atoms with Gasteiger partial charge < -0.3 is 9.47 Å². The number of pyridine rings is 2. The molecule has 0 N–H and O–H groups in total. The average molecular weight is 368 g/mol. The topological polar surface area (TPSA) is 44.2 Å². The first-order chi connectivity index (χ1) is 13.8. The van der Waals surface area contributed by atoms with Crippen LogP contribution in [0.2, 0.25) is 0 Å². The van der Waals surface area contributed by atoms with Crippen molar-refractivity contribution in [3.05, 3.63) is 85.2 Å². The van der Waals surface area contributed by atoms with Crippen molar-refractivity contribution >= 4 is 0 Å². The molecule has 0 aliphatic heterocycles. The molecule has 2 aromatic carbocycles. The highest BCUT2D eigenvalue weighted by molar-refractivity contribution is 5.80. The highest BCUT2D eigenvalue weighted by Crippen LogP contribution is 2.32. The van der Waals surface area contributed by atoms with Gasteiger partial charge >= 0.3 is 0 Å². The smallest absolute Gasteiger partial charge is 0.119 e. The minimum atomic E-state index is 0.814. The Morgan fingerprint density at radius 1 is 0.643 bits per heavy atom. The maximum atomic E-state index is 5.36. The fourth-order valence-electron chi connectivity index (χ4n) is 3.14. The number of nitrogens with zero attached hydrogens (tertiary/aromatic N) is 2. The number of hydrogen-bond donors (Lipinski definition) is 0. The van der Waals surface area contributed by atoms with Gasteiger partial charge in [-0.3, -0.25) is 9.97 Å². The summed E-state index contributed by atoms with van der Waals surface area (Å²) in [4.78, 5) is 9.26. The lowest BCUT2D eigenvalue weighted by Crippen LogP contribution is -1.92. The maximum absolute atomic E-state index is 5.36. The van der Waals surface area contributed by atoms with Crippen LogP contribution >= 0.6 is 0 Å². The van der Waals surface area contributed by atoms with E-state index in [0.29, 0.717) is 0 Å². The minimum Gasteiger partial charge on any atom is -0.497 e. The zero-order chi connectivity index (χ0) is 19.3. The lowest BCUT2D eigenvalue weighted by molar-refractivity contribution is 0.415. The Hall–Kier alpha value is -3.66. The molecular weight excluding hydrogens is 348 g/mol. The van der Waals surface area contributed by atoms with E-state index in [0.717, 1.165) is 45.1 Å². The Kier molecular flexibility index (Phi) is 5.02. The summed E-state index contributed by atoms with van der Waals surface area (Å²) < 4.78 is 10.7. The molecule has 0 aliphatic carbocycles. The highest BCUT2D eigenvalue weighted by atomic mass is 16.5. The molecule has 0 amide bonds. The lowest BCUT2D eigenvalue weighted by atomic mass is 10.0. The van der Waals surface area contributed by atoms with Crippen LogP contribution in [-0.2, 0) is 0 Å². The van der Waals surface area contributed by atoms with Gasteiger partial charge in [0.1, 0.15) is 11.5 Å². The van der Waals surface area contributed by atoms with E-state index in [-0.39, 0.29) is 0 Å². The molecule has 0 saturated carbocycles. The number of ether oxygens (including phenoxy) is 2. The standard InChI is InChI=1S/C24H20N2O2/c1-27-20-8-3-6-17(14-20)19-11-12-23(26-16-19)24-22(10-5-13-25-24)18-7-4-9-21(15-18)28-2/h3-16H,1-2H3. The predicted octanol–water partition coefficient (Wildman–Crippen LogP) is 5.49. The van der Waals surface area contributed by atoms with Crippen LogP contribution < -0.4 is 9.47 Å². The molecule has 138 valence electrons. The molecule has 0 atom stereocenters. The van der Waals surface area contributed by atoms with Crippen molar-refractivity contribution in [2.24, 2.45) is 0 Å². The van der Waals surface area contributed by atoms with Crippen molar-refractivity contribution in [3.8, 4) is 45.1 Å². The van der Waals surface area contributed by atoms with Gasteiger partial charge in [0.15, 0.2) is 0 Å². The van der Waals surface area contributed by atoms with Crippen molar-refractivity contribution in [2.75, 3.05) is 14.2 Å². The van der Waals surface area contributed by atoms with Gasteiger partial charge in [-0.2, -0.15) is 0 Å². The summed E-state index contributed by atoms with van der Waals surface area (Å²) >= 11 is 0. The molecule has 4 aromatic rings. The van der Waals surface area contributed by atoms with Crippen LogP contribution in [-0.4, -0.2) is 24.2 Å². The predicted molar refractivity (Wildman–Crippen MR) is 111 cm³/mol. The normalized spacial score (nSPS) is 10.5. The SMILES string of the molecule is COc1cccc(-c2ccc(-c3ncccc3-c3cccc(OC)c3)nc2)c1. The lowest BCUT2D eigenvalue weighted by Gasteiger charge is -2.10. The maximum Gasteiger partial charge on any atom is 0.119 e. The molecule has 0 spiro atoms. The molecule has 2 aromatic heterocycles. The number of methoxy groups -OCH3 is 2. The molecule has 0 saturated heterocycles. The van der Waals surface area contributed by atoms with Gasteiger partial charge in [-0.15, -0.1) is 0 Å². The van der Waals surface area contributed by atoms with Crippen molar-refractivity contribution < 1.29 is 9.47 Å². The Morgan fingerprint density at radius 2 is 1.36 bits per heavy atom. The first-order valence-electron chi connectivity index (χ1n) is 8.99. The Morgan fingerprint density at radius 3 is 2.04 bits per heavy atom. The second kappa shape index (κ2) is 7.92. The summed E-state index contributed by atoms with van der Waals surface area (Å²) in [5, 5.41) is 0. The van der Waals surface area contributed by atoms with E-state index in [1.165, 1.54) is 0 Å². The van der Waals surface area contributed by atoms with E-state index in [2.05, 4.69) is 22.1 Å². The third kappa shape index (κ3) is 3.58. The number of rotatable bonds is 5. The molecule has 28 heavy (non-hydrogen) atoms. The molecule has 0 aliphatic rings. The fourth-order valence-corrected chi connectivity index (χ4v) is 3.14. The first kappa shape index (κ1) is 17.7. The Labute approximate surface area is 164 Å². The van der Waals surface area contributed by atoms with Crippen molar-refractivity contribution in [1.29, 1.82) is 0 Å². The average Bonchev–Trinajstić information content (AvgIpc) is 2.79. The van der Waals surface area contributed by atoms with Gasteiger partial charge in [0.25, 0.3) is 0 Å². The molecule has 4 nitrogen and oxygen atoms in total. The van der Waals surface area contributed by atoms with Crippen LogP contribution in [0.3, 0.4) is 0 Å².